The second-order valence-corrected chi connectivity index (χ2v) is 13.8. The molecule has 0 aliphatic heterocycles. The first-order valence-corrected chi connectivity index (χ1v) is 16.4. The molecule has 0 heterocycles. The van der Waals surface area contributed by atoms with Crippen LogP contribution in [-0.2, 0) is 18.9 Å². The van der Waals surface area contributed by atoms with Crippen LogP contribution in [0.4, 0.5) is 0 Å². The van der Waals surface area contributed by atoms with E-state index in [-0.39, 0.29) is 10.8 Å². The highest BCUT2D eigenvalue weighted by Gasteiger charge is 2.28. The summed E-state index contributed by atoms with van der Waals surface area (Å²) >= 11 is 11.5. The maximum atomic E-state index is 12.8. The predicted octanol–water partition coefficient (Wildman–Crippen LogP) is 7.90. The van der Waals surface area contributed by atoms with E-state index in [2.05, 4.69) is 6.92 Å². The molecule has 0 spiro atoms. The molecule has 33 heavy (non-hydrogen) atoms. The van der Waals surface area contributed by atoms with Crippen LogP contribution in [-0.4, -0.2) is 27.8 Å². The zero-order valence-electron chi connectivity index (χ0n) is 19.3. The Kier molecular flexibility index (Phi) is 14.5. The molecule has 0 atom stereocenters. The summed E-state index contributed by atoms with van der Waals surface area (Å²) in [5.74, 6) is -0.200. The molecule has 0 fully saturated rings. The Balaban J connectivity index is 2.41. The average molecular weight is 562 g/mol. The van der Waals surface area contributed by atoms with Crippen molar-refractivity contribution in [1.29, 1.82) is 0 Å². The number of carbonyl (C=O) groups is 1. The van der Waals surface area contributed by atoms with Crippen molar-refractivity contribution in [3.63, 3.8) is 0 Å². The number of carbonyl (C=O) groups excluding carboxylic acids is 1. The zero-order valence-corrected chi connectivity index (χ0v) is 23.2. The summed E-state index contributed by atoms with van der Waals surface area (Å²) in [6.07, 6.45) is 16.0. The largest absolute Gasteiger partial charge is 0.276 e. The van der Waals surface area contributed by atoms with Crippen molar-refractivity contribution in [2.75, 3.05) is 5.75 Å². The molecule has 1 rings (SSSR count). The topological polar surface area (TPSA) is 85.3 Å². The highest BCUT2D eigenvalue weighted by Crippen LogP contribution is 2.32. The van der Waals surface area contributed by atoms with Gasteiger partial charge in [0.25, 0.3) is 14.3 Å². The minimum Gasteiger partial charge on any atom is -0.276 e. The van der Waals surface area contributed by atoms with Gasteiger partial charge in [-0.05, 0) is 30.2 Å². The van der Waals surface area contributed by atoms with Crippen molar-refractivity contribution in [3.05, 3.63) is 22.7 Å². The molecule has 1 aromatic rings. The number of benzene rings is 1. The average Bonchev–Trinajstić information content (AvgIpc) is 2.72. The maximum Gasteiger partial charge on any atom is 0.261 e. The molecule has 1 aromatic carbocycles. The lowest BCUT2D eigenvalue weighted by Gasteiger charge is -2.11. The normalized spacial score (nSPS) is 12.2. The Labute approximate surface area is 213 Å². The summed E-state index contributed by atoms with van der Waals surface area (Å²) in [7, 11) is -2.84. The molecule has 10 heteroatoms. The van der Waals surface area contributed by atoms with E-state index in [1.165, 1.54) is 57.8 Å². The van der Waals surface area contributed by atoms with E-state index in [1.807, 2.05) is 0 Å². The molecule has 190 valence electrons. The van der Waals surface area contributed by atoms with Gasteiger partial charge < -0.3 is 0 Å². The second-order valence-electron chi connectivity index (χ2n) is 8.41. The van der Waals surface area contributed by atoms with Gasteiger partial charge >= 0.3 is 0 Å². The molecule has 0 aliphatic rings. The van der Waals surface area contributed by atoms with Crippen LogP contribution in [0.2, 0.25) is 5.02 Å². The Morgan fingerprint density at radius 3 is 1.58 bits per heavy atom. The van der Waals surface area contributed by atoms with Crippen LogP contribution in [0.5, 0.6) is 0 Å². The molecule has 0 saturated carbocycles. The van der Waals surface area contributed by atoms with Gasteiger partial charge in [0, 0.05) is 10.7 Å². The Morgan fingerprint density at radius 2 is 1.18 bits per heavy atom. The van der Waals surface area contributed by atoms with E-state index in [9.17, 15) is 21.6 Å². The van der Waals surface area contributed by atoms with Gasteiger partial charge in [-0.2, -0.15) is 0 Å². The maximum absolute atomic E-state index is 12.8. The van der Waals surface area contributed by atoms with Gasteiger partial charge in [-0.3, -0.25) is 4.79 Å². The van der Waals surface area contributed by atoms with Crippen LogP contribution in [0.1, 0.15) is 107 Å². The molecule has 0 radical (unpaired) electrons. The number of halogens is 3. The predicted molar refractivity (Wildman–Crippen MR) is 137 cm³/mol. The van der Waals surface area contributed by atoms with E-state index < -0.39 is 39.5 Å². The number of unbranched alkanes of at least 4 members (excludes halogenated alkanes) is 13. The van der Waals surface area contributed by atoms with E-state index in [0.29, 0.717) is 6.42 Å². The summed E-state index contributed by atoms with van der Waals surface area (Å²) in [6.45, 7) is 2.23. The molecule has 0 saturated heterocycles. The molecule has 5 nitrogen and oxygen atoms in total. The third-order valence-corrected chi connectivity index (χ3v) is 9.42. The number of sulfone groups is 1. The number of hydrogen-bond donors (Lipinski definition) is 0. The number of rotatable bonds is 18. The van der Waals surface area contributed by atoms with Gasteiger partial charge in [-0.25, -0.2) is 16.8 Å². The lowest BCUT2D eigenvalue weighted by molar-refractivity contribution is 0.107. The molecule has 0 aliphatic carbocycles. The van der Waals surface area contributed by atoms with Crippen LogP contribution >= 0.6 is 33.9 Å². The van der Waals surface area contributed by atoms with Gasteiger partial charge in [-0.15, -0.1) is 0 Å². The SMILES string of the molecule is CCCCCCCCCCCCCCCCS(=O)(=O)c1c(Cl)cc(S(=O)(=O)Cl)cc1C(=O)Cl. The summed E-state index contributed by atoms with van der Waals surface area (Å²) < 4.78 is 48.6. The fourth-order valence-corrected chi connectivity index (χ4v) is 7.02. The third kappa shape index (κ3) is 11.8. The Hall–Kier alpha value is -0.340. The molecule has 0 aromatic heterocycles. The van der Waals surface area contributed by atoms with Crippen LogP contribution in [0, 0.1) is 0 Å². The third-order valence-electron chi connectivity index (χ3n) is 5.59. The molecular weight excluding hydrogens is 527 g/mol. The molecule has 0 amide bonds. The Bertz CT molecular complexity index is 961. The van der Waals surface area contributed by atoms with Crippen LogP contribution in [0.15, 0.2) is 21.9 Å². The van der Waals surface area contributed by atoms with Crippen molar-refractivity contribution in [1.82, 2.24) is 0 Å². The standard InChI is InChI=1S/C23H35Cl3O5S2/c1-2-3-4-5-6-7-8-9-10-11-12-13-14-15-16-32(28,29)22-20(23(25)27)17-19(18-21(22)24)33(26,30)31/h17-18H,2-16H2,1H3. The second kappa shape index (κ2) is 15.6. The van der Waals surface area contributed by atoms with Crippen LogP contribution < -0.4 is 0 Å². The highest BCUT2D eigenvalue weighted by atomic mass is 35.7. The minimum atomic E-state index is -4.20. The Morgan fingerprint density at radius 1 is 0.758 bits per heavy atom. The molecule has 0 bridgehead atoms. The van der Waals surface area contributed by atoms with Gasteiger partial charge in [0.15, 0.2) is 9.84 Å². The fraction of sp³-hybridized carbons (Fsp3) is 0.696. The van der Waals surface area contributed by atoms with Crippen molar-refractivity contribution >= 4 is 58.0 Å². The van der Waals surface area contributed by atoms with Crippen molar-refractivity contribution in [2.24, 2.45) is 0 Å². The van der Waals surface area contributed by atoms with Crippen LogP contribution in [0.3, 0.4) is 0 Å². The lowest BCUT2D eigenvalue weighted by atomic mass is 10.0. The quantitative estimate of drug-likeness (QED) is 0.134. The molecular formula is C23H35Cl3O5S2. The fourth-order valence-electron chi connectivity index (χ4n) is 3.76. The molecule has 0 N–H and O–H groups in total. The van der Waals surface area contributed by atoms with Gasteiger partial charge in [-0.1, -0.05) is 102 Å². The zero-order chi connectivity index (χ0) is 24.9. The summed E-state index contributed by atoms with van der Waals surface area (Å²) in [6, 6.07) is 1.77. The first-order valence-electron chi connectivity index (χ1n) is 11.7. The molecule has 0 unspecified atom stereocenters. The van der Waals surface area contributed by atoms with E-state index in [4.69, 9.17) is 33.9 Å². The van der Waals surface area contributed by atoms with E-state index in [1.54, 1.807) is 0 Å². The van der Waals surface area contributed by atoms with Crippen LogP contribution in [0.25, 0.3) is 0 Å². The van der Waals surface area contributed by atoms with E-state index in [0.717, 1.165) is 37.8 Å². The smallest absolute Gasteiger partial charge is 0.261 e. The lowest BCUT2D eigenvalue weighted by Crippen LogP contribution is -2.13. The van der Waals surface area contributed by atoms with Gasteiger partial charge in [0.2, 0.25) is 0 Å². The number of hydrogen-bond acceptors (Lipinski definition) is 5. The first-order chi connectivity index (χ1) is 15.5. The van der Waals surface area contributed by atoms with E-state index >= 15 is 0 Å². The minimum absolute atomic E-state index is 0.200. The summed E-state index contributed by atoms with van der Waals surface area (Å²) in [5, 5.41) is -1.50. The highest BCUT2D eigenvalue weighted by molar-refractivity contribution is 8.13. The monoisotopic (exact) mass is 560 g/mol. The van der Waals surface area contributed by atoms with Crippen molar-refractivity contribution in [3.8, 4) is 0 Å². The van der Waals surface area contributed by atoms with Gasteiger partial charge in [0.05, 0.1) is 26.1 Å². The first kappa shape index (κ1) is 30.7. The van der Waals surface area contributed by atoms with Crippen molar-refractivity contribution in [2.45, 2.75) is 107 Å². The summed E-state index contributed by atoms with van der Waals surface area (Å²) in [4.78, 5) is 10.8. The summed E-state index contributed by atoms with van der Waals surface area (Å²) in [5.41, 5.74) is -0.478. The van der Waals surface area contributed by atoms with Gasteiger partial charge in [0.1, 0.15) is 0 Å². The van der Waals surface area contributed by atoms with Crippen molar-refractivity contribution < 1.29 is 21.6 Å².